The van der Waals surface area contributed by atoms with Gasteiger partial charge < -0.3 is 5.32 Å². The molecular weight excluding hydrogens is 298 g/mol. The molecule has 0 spiro atoms. The Morgan fingerprint density at radius 1 is 1.35 bits per heavy atom. The van der Waals surface area contributed by atoms with Gasteiger partial charge in [0.2, 0.25) is 5.91 Å². The molecule has 1 aliphatic rings. The number of rotatable bonds is 6. The minimum atomic E-state index is -3.67. The molecule has 1 amide bonds. The van der Waals surface area contributed by atoms with Crippen LogP contribution in [0.15, 0.2) is 29.2 Å². The van der Waals surface area contributed by atoms with Crippen LogP contribution in [-0.4, -0.2) is 20.4 Å². The highest BCUT2D eigenvalue weighted by Gasteiger charge is 2.36. The van der Waals surface area contributed by atoms with E-state index in [2.05, 4.69) is 12.2 Å². The lowest BCUT2D eigenvalue weighted by Gasteiger charge is -2.05. The Bertz CT molecular complexity index is 583. The predicted molar refractivity (Wildman–Crippen MR) is 78.1 cm³/mol. The lowest BCUT2D eigenvalue weighted by Crippen LogP contribution is -2.26. The summed E-state index contributed by atoms with van der Waals surface area (Å²) in [6.45, 7) is 2.13. The van der Waals surface area contributed by atoms with Crippen LogP contribution >= 0.6 is 10.7 Å². The van der Waals surface area contributed by atoms with Gasteiger partial charge in [0.1, 0.15) is 0 Å². The summed E-state index contributed by atoms with van der Waals surface area (Å²) in [5.74, 6) is 0.701. The van der Waals surface area contributed by atoms with Gasteiger partial charge in [-0.05, 0) is 36.5 Å². The van der Waals surface area contributed by atoms with E-state index in [0.29, 0.717) is 24.8 Å². The molecule has 2 unspecified atom stereocenters. The van der Waals surface area contributed by atoms with Crippen LogP contribution in [0.3, 0.4) is 0 Å². The molecule has 1 fully saturated rings. The summed E-state index contributed by atoms with van der Waals surface area (Å²) < 4.78 is 22.2. The second-order valence-electron chi connectivity index (χ2n) is 5.16. The highest BCUT2D eigenvalue weighted by Crippen LogP contribution is 2.33. The average Bonchev–Trinajstić information content (AvgIpc) is 3.14. The van der Waals surface area contributed by atoms with E-state index in [1.807, 2.05) is 0 Å². The van der Waals surface area contributed by atoms with E-state index in [0.717, 1.165) is 18.4 Å². The largest absolute Gasteiger partial charge is 0.353 e. The van der Waals surface area contributed by atoms with Crippen molar-refractivity contribution in [1.82, 2.24) is 5.32 Å². The molecule has 2 rings (SSSR count). The molecule has 1 aliphatic carbocycles. The van der Waals surface area contributed by atoms with Crippen molar-refractivity contribution in [2.45, 2.75) is 43.5 Å². The van der Waals surface area contributed by atoms with Crippen LogP contribution < -0.4 is 5.32 Å². The summed E-state index contributed by atoms with van der Waals surface area (Å²) in [5, 5.41) is 3.00. The second kappa shape index (κ2) is 6.14. The molecule has 6 heteroatoms. The van der Waals surface area contributed by atoms with Crippen molar-refractivity contribution in [3.05, 3.63) is 29.8 Å². The minimum absolute atomic E-state index is 0.0555. The van der Waals surface area contributed by atoms with Gasteiger partial charge in [-0.2, -0.15) is 0 Å². The molecule has 0 radical (unpaired) electrons. The van der Waals surface area contributed by atoms with Crippen LogP contribution in [0.4, 0.5) is 0 Å². The summed E-state index contributed by atoms with van der Waals surface area (Å²) in [4.78, 5) is 11.8. The zero-order valence-electron chi connectivity index (χ0n) is 11.3. The number of hydrogen-bond donors (Lipinski definition) is 1. The smallest absolute Gasteiger partial charge is 0.261 e. The van der Waals surface area contributed by atoms with Crippen LogP contribution in [0, 0.1) is 5.92 Å². The SMILES string of the molecule is CCC1CC1NC(=O)CCc1ccc(S(=O)(=O)Cl)cc1. The first-order chi connectivity index (χ1) is 9.40. The zero-order chi connectivity index (χ0) is 14.8. The summed E-state index contributed by atoms with van der Waals surface area (Å²) >= 11 is 0. The zero-order valence-corrected chi connectivity index (χ0v) is 12.9. The number of hydrogen-bond acceptors (Lipinski definition) is 3. The molecule has 4 nitrogen and oxygen atoms in total. The third-order valence-corrected chi connectivity index (χ3v) is 5.01. The van der Waals surface area contributed by atoms with E-state index in [1.54, 1.807) is 12.1 Å². The van der Waals surface area contributed by atoms with Gasteiger partial charge in [-0.3, -0.25) is 4.79 Å². The summed E-state index contributed by atoms with van der Waals surface area (Å²) in [6, 6.07) is 6.66. The van der Waals surface area contributed by atoms with Gasteiger partial charge in [0.05, 0.1) is 4.90 Å². The third-order valence-electron chi connectivity index (χ3n) is 3.64. The Morgan fingerprint density at radius 3 is 2.50 bits per heavy atom. The number of amides is 1. The fraction of sp³-hybridized carbons (Fsp3) is 0.500. The number of nitrogens with one attached hydrogen (secondary N) is 1. The molecule has 2 atom stereocenters. The van der Waals surface area contributed by atoms with Gasteiger partial charge in [0, 0.05) is 23.1 Å². The average molecular weight is 316 g/mol. The summed E-state index contributed by atoms with van der Waals surface area (Å²) in [7, 11) is 1.56. The van der Waals surface area contributed by atoms with E-state index in [1.165, 1.54) is 12.1 Å². The number of carbonyl (C=O) groups is 1. The Labute approximate surface area is 123 Å². The molecule has 20 heavy (non-hydrogen) atoms. The maximum absolute atomic E-state index is 11.7. The molecule has 0 saturated heterocycles. The first kappa shape index (κ1) is 15.3. The molecule has 0 heterocycles. The highest BCUT2D eigenvalue weighted by molar-refractivity contribution is 8.13. The lowest BCUT2D eigenvalue weighted by atomic mass is 10.1. The van der Waals surface area contributed by atoms with Gasteiger partial charge in [-0.15, -0.1) is 0 Å². The topological polar surface area (TPSA) is 63.2 Å². The highest BCUT2D eigenvalue weighted by atomic mass is 35.7. The van der Waals surface area contributed by atoms with E-state index in [9.17, 15) is 13.2 Å². The van der Waals surface area contributed by atoms with Crippen LogP contribution in [-0.2, 0) is 20.3 Å². The van der Waals surface area contributed by atoms with Crippen molar-refractivity contribution in [2.75, 3.05) is 0 Å². The first-order valence-electron chi connectivity index (χ1n) is 6.73. The van der Waals surface area contributed by atoms with Crippen molar-refractivity contribution in [1.29, 1.82) is 0 Å². The molecule has 1 aromatic carbocycles. The maximum Gasteiger partial charge on any atom is 0.261 e. The molecule has 1 N–H and O–H groups in total. The normalized spacial score (nSPS) is 21.5. The van der Waals surface area contributed by atoms with E-state index in [4.69, 9.17) is 10.7 Å². The fourth-order valence-corrected chi connectivity index (χ4v) is 3.00. The van der Waals surface area contributed by atoms with Crippen LogP contribution in [0.1, 0.15) is 31.7 Å². The maximum atomic E-state index is 11.7. The van der Waals surface area contributed by atoms with Crippen molar-refractivity contribution in [2.24, 2.45) is 5.92 Å². The van der Waals surface area contributed by atoms with Gasteiger partial charge in [0.25, 0.3) is 9.05 Å². The number of benzene rings is 1. The summed E-state index contributed by atoms with van der Waals surface area (Å²) in [6.07, 6.45) is 3.21. The first-order valence-corrected chi connectivity index (χ1v) is 9.04. The van der Waals surface area contributed by atoms with Crippen molar-refractivity contribution >= 4 is 25.6 Å². The Morgan fingerprint density at radius 2 is 2.00 bits per heavy atom. The van der Waals surface area contributed by atoms with E-state index < -0.39 is 9.05 Å². The van der Waals surface area contributed by atoms with Gasteiger partial charge in [-0.25, -0.2) is 8.42 Å². The molecule has 0 aliphatic heterocycles. The summed E-state index contributed by atoms with van der Waals surface area (Å²) in [5.41, 5.74) is 0.923. The van der Waals surface area contributed by atoms with Gasteiger partial charge in [-0.1, -0.05) is 25.5 Å². The van der Waals surface area contributed by atoms with E-state index >= 15 is 0 Å². The fourth-order valence-electron chi connectivity index (χ4n) is 2.23. The lowest BCUT2D eigenvalue weighted by molar-refractivity contribution is -0.121. The predicted octanol–water partition coefficient (Wildman–Crippen LogP) is 2.46. The molecule has 0 bridgehead atoms. The number of carbonyl (C=O) groups excluding carboxylic acids is 1. The molecule has 1 aromatic rings. The van der Waals surface area contributed by atoms with Gasteiger partial charge in [0.15, 0.2) is 0 Å². The minimum Gasteiger partial charge on any atom is -0.353 e. The monoisotopic (exact) mass is 315 g/mol. The molecule has 1 saturated carbocycles. The third kappa shape index (κ3) is 4.21. The Balaban J connectivity index is 1.81. The second-order valence-corrected chi connectivity index (χ2v) is 7.73. The molecule has 110 valence electrons. The van der Waals surface area contributed by atoms with Crippen LogP contribution in [0.2, 0.25) is 0 Å². The Hall–Kier alpha value is -1.07. The van der Waals surface area contributed by atoms with Crippen LogP contribution in [0.25, 0.3) is 0 Å². The van der Waals surface area contributed by atoms with Crippen LogP contribution in [0.5, 0.6) is 0 Å². The quantitative estimate of drug-likeness (QED) is 0.820. The van der Waals surface area contributed by atoms with Crippen molar-refractivity contribution in [3.8, 4) is 0 Å². The van der Waals surface area contributed by atoms with Crippen molar-refractivity contribution in [3.63, 3.8) is 0 Å². The molecular formula is C14H18ClNO3S. The van der Waals surface area contributed by atoms with Gasteiger partial charge >= 0.3 is 0 Å². The standard InChI is InChI=1S/C14H18ClNO3S/c1-2-11-9-13(11)16-14(17)8-5-10-3-6-12(7-4-10)20(15,18)19/h3-4,6-7,11,13H,2,5,8-9H2,1H3,(H,16,17). The Kier molecular flexibility index (Phi) is 4.70. The number of aryl methyl sites for hydroxylation is 1. The number of halogens is 1. The molecule has 0 aromatic heterocycles. The van der Waals surface area contributed by atoms with Crippen molar-refractivity contribution < 1.29 is 13.2 Å². The van der Waals surface area contributed by atoms with E-state index in [-0.39, 0.29) is 10.8 Å².